The first-order valence-electron chi connectivity index (χ1n) is 3.38. The van der Waals surface area contributed by atoms with Crippen molar-refractivity contribution in [3.8, 4) is 0 Å². The van der Waals surface area contributed by atoms with Crippen LogP contribution in [-0.4, -0.2) is 11.3 Å². The van der Waals surface area contributed by atoms with E-state index >= 15 is 0 Å². The van der Waals surface area contributed by atoms with E-state index in [9.17, 15) is 0 Å². The number of hydrogen-bond donors (Lipinski definition) is 2. The number of furan rings is 1. The number of thiocarbonyl (C=S) groups is 1. The molecule has 12 heavy (non-hydrogen) atoms. The van der Waals surface area contributed by atoms with Crippen LogP contribution in [0.5, 0.6) is 0 Å². The molecule has 0 saturated heterocycles. The third-order valence-corrected chi connectivity index (χ3v) is 1.23. The largest absolute Gasteiger partial charge is 0.469 e. The van der Waals surface area contributed by atoms with Crippen LogP contribution in [0.25, 0.3) is 0 Å². The Labute approximate surface area is 75.4 Å². The third-order valence-electron chi connectivity index (χ3n) is 1.14. The molecule has 0 radical (unpaired) electrons. The molecule has 0 fully saturated rings. The predicted molar refractivity (Wildman–Crippen MR) is 50.8 cm³/mol. The standard InChI is InChI=1S/C7H9N3OS/c8-7(12)10-9-4-3-6-2-1-5-11-6/h1-2,4-5H,3H2,(H3,8,10,12). The van der Waals surface area contributed by atoms with Crippen molar-refractivity contribution < 1.29 is 4.42 Å². The van der Waals surface area contributed by atoms with Crippen molar-refractivity contribution in [3.63, 3.8) is 0 Å². The van der Waals surface area contributed by atoms with E-state index in [-0.39, 0.29) is 5.11 Å². The average Bonchev–Trinajstić information content (AvgIpc) is 2.49. The summed E-state index contributed by atoms with van der Waals surface area (Å²) >= 11 is 4.54. The maximum atomic E-state index is 5.14. The summed E-state index contributed by atoms with van der Waals surface area (Å²) in [6.07, 6.45) is 3.88. The number of hydrogen-bond acceptors (Lipinski definition) is 3. The van der Waals surface area contributed by atoms with Gasteiger partial charge in [-0.25, -0.2) is 0 Å². The van der Waals surface area contributed by atoms with Crippen LogP contribution in [0.3, 0.4) is 0 Å². The van der Waals surface area contributed by atoms with E-state index in [1.165, 1.54) is 0 Å². The first-order valence-corrected chi connectivity index (χ1v) is 3.79. The van der Waals surface area contributed by atoms with Crippen molar-refractivity contribution in [1.29, 1.82) is 0 Å². The summed E-state index contributed by atoms with van der Waals surface area (Å²) in [5.74, 6) is 0.850. The van der Waals surface area contributed by atoms with Crippen LogP contribution in [-0.2, 0) is 6.42 Å². The van der Waals surface area contributed by atoms with Gasteiger partial charge in [0.1, 0.15) is 5.76 Å². The Morgan fingerprint density at radius 1 is 1.83 bits per heavy atom. The Kier molecular flexibility index (Phi) is 3.28. The molecular weight excluding hydrogens is 174 g/mol. The van der Waals surface area contributed by atoms with Crippen molar-refractivity contribution in [2.75, 3.05) is 0 Å². The molecule has 1 heterocycles. The SMILES string of the molecule is NC(=S)NN=CCc1ccco1. The van der Waals surface area contributed by atoms with Crippen LogP contribution >= 0.6 is 12.2 Å². The fraction of sp³-hybridized carbons (Fsp3) is 0.143. The summed E-state index contributed by atoms with van der Waals surface area (Å²) in [6, 6.07) is 3.69. The lowest BCUT2D eigenvalue weighted by molar-refractivity contribution is 0.527. The molecule has 0 aliphatic rings. The molecule has 0 aliphatic carbocycles. The number of rotatable bonds is 3. The quantitative estimate of drug-likeness (QED) is 0.410. The zero-order valence-corrected chi connectivity index (χ0v) is 7.17. The zero-order chi connectivity index (χ0) is 8.81. The molecule has 0 atom stereocenters. The second-order valence-corrected chi connectivity index (χ2v) is 2.51. The predicted octanol–water partition coefficient (Wildman–Crippen LogP) is 0.641. The van der Waals surface area contributed by atoms with E-state index in [0.717, 1.165) is 5.76 Å². The summed E-state index contributed by atoms with van der Waals surface area (Å²) in [5, 5.41) is 3.90. The first-order chi connectivity index (χ1) is 5.79. The monoisotopic (exact) mass is 183 g/mol. The van der Waals surface area contributed by atoms with Gasteiger partial charge < -0.3 is 10.2 Å². The third kappa shape index (κ3) is 3.16. The Balaban J connectivity index is 2.26. The van der Waals surface area contributed by atoms with E-state index in [0.29, 0.717) is 6.42 Å². The second kappa shape index (κ2) is 4.50. The molecule has 4 nitrogen and oxygen atoms in total. The van der Waals surface area contributed by atoms with Gasteiger partial charge >= 0.3 is 0 Å². The summed E-state index contributed by atoms with van der Waals surface area (Å²) in [7, 11) is 0. The molecule has 5 heteroatoms. The minimum atomic E-state index is 0.158. The first kappa shape index (κ1) is 8.73. The minimum Gasteiger partial charge on any atom is -0.469 e. The van der Waals surface area contributed by atoms with E-state index < -0.39 is 0 Å². The zero-order valence-electron chi connectivity index (χ0n) is 6.36. The Hall–Kier alpha value is -1.36. The molecular formula is C7H9N3OS. The van der Waals surface area contributed by atoms with Crippen LogP contribution in [0.4, 0.5) is 0 Å². The molecule has 0 amide bonds. The van der Waals surface area contributed by atoms with Gasteiger partial charge in [-0.3, -0.25) is 5.43 Å². The average molecular weight is 183 g/mol. The van der Waals surface area contributed by atoms with Crippen molar-refractivity contribution in [2.24, 2.45) is 10.8 Å². The van der Waals surface area contributed by atoms with Crippen LogP contribution in [0.15, 0.2) is 27.9 Å². The van der Waals surface area contributed by atoms with Gasteiger partial charge in [0.25, 0.3) is 0 Å². The van der Waals surface area contributed by atoms with E-state index in [4.69, 9.17) is 10.2 Å². The van der Waals surface area contributed by atoms with Crippen LogP contribution in [0.2, 0.25) is 0 Å². The Morgan fingerprint density at radius 2 is 2.67 bits per heavy atom. The van der Waals surface area contributed by atoms with E-state index in [2.05, 4.69) is 22.7 Å². The Bertz CT molecular complexity index is 268. The van der Waals surface area contributed by atoms with Gasteiger partial charge in [-0.1, -0.05) is 0 Å². The van der Waals surface area contributed by atoms with Crippen molar-refractivity contribution in [1.82, 2.24) is 5.43 Å². The van der Waals surface area contributed by atoms with E-state index in [1.54, 1.807) is 12.5 Å². The molecule has 0 aromatic carbocycles. The summed E-state index contributed by atoms with van der Waals surface area (Å²) in [5.41, 5.74) is 7.58. The number of nitrogens with two attached hydrogens (primary N) is 1. The van der Waals surface area contributed by atoms with Gasteiger partial charge in [0.05, 0.1) is 6.26 Å². The highest BCUT2D eigenvalue weighted by molar-refractivity contribution is 7.80. The van der Waals surface area contributed by atoms with E-state index in [1.807, 2.05) is 12.1 Å². The Morgan fingerprint density at radius 3 is 3.25 bits per heavy atom. The maximum Gasteiger partial charge on any atom is 0.184 e. The van der Waals surface area contributed by atoms with Crippen molar-refractivity contribution in [2.45, 2.75) is 6.42 Å². The molecule has 0 saturated carbocycles. The molecule has 3 N–H and O–H groups in total. The van der Waals surface area contributed by atoms with Gasteiger partial charge in [0.15, 0.2) is 5.11 Å². The molecule has 1 rings (SSSR count). The lowest BCUT2D eigenvalue weighted by Gasteiger charge is -1.92. The molecule has 1 aromatic heterocycles. The molecule has 0 aliphatic heterocycles. The molecule has 1 aromatic rings. The highest BCUT2D eigenvalue weighted by Crippen LogP contribution is 1.98. The topological polar surface area (TPSA) is 63.5 Å². The highest BCUT2D eigenvalue weighted by Gasteiger charge is 1.89. The lowest BCUT2D eigenvalue weighted by Crippen LogP contribution is -2.24. The second-order valence-electron chi connectivity index (χ2n) is 2.07. The van der Waals surface area contributed by atoms with Crippen molar-refractivity contribution in [3.05, 3.63) is 24.2 Å². The fourth-order valence-electron chi connectivity index (χ4n) is 0.674. The van der Waals surface area contributed by atoms with Crippen LogP contribution in [0.1, 0.15) is 5.76 Å². The normalized spacial score (nSPS) is 10.3. The molecule has 0 spiro atoms. The lowest BCUT2D eigenvalue weighted by atomic mass is 10.3. The number of nitrogens with one attached hydrogen (secondary N) is 1. The number of nitrogens with zero attached hydrogens (tertiary/aromatic N) is 1. The molecule has 64 valence electrons. The highest BCUT2D eigenvalue weighted by atomic mass is 32.1. The minimum absolute atomic E-state index is 0.158. The molecule has 0 unspecified atom stereocenters. The summed E-state index contributed by atoms with van der Waals surface area (Å²) in [6.45, 7) is 0. The van der Waals surface area contributed by atoms with Gasteiger partial charge in [-0.05, 0) is 24.4 Å². The maximum absolute atomic E-state index is 5.14. The number of hydrazone groups is 1. The van der Waals surface area contributed by atoms with Gasteiger partial charge in [-0.2, -0.15) is 5.10 Å². The summed E-state index contributed by atoms with van der Waals surface area (Å²) in [4.78, 5) is 0. The van der Waals surface area contributed by atoms with Gasteiger partial charge in [0.2, 0.25) is 0 Å². The van der Waals surface area contributed by atoms with Gasteiger partial charge in [0, 0.05) is 12.6 Å². The van der Waals surface area contributed by atoms with Crippen LogP contribution in [0, 0.1) is 0 Å². The molecule has 0 bridgehead atoms. The smallest absolute Gasteiger partial charge is 0.184 e. The summed E-state index contributed by atoms with van der Waals surface area (Å²) < 4.78 is 5.06. The van der Waals surface area contributed by atoms with Gasteiger partial charge in [-0.15, -0.1) is 0 Å². The van der Waals surface area contributed by atoms with Crippen molar-refractivity contribution >= 4 is 23.5 Å². The fourth-order valence-corrected chi connectivity index (χ4v) is 0.726. The van der Waals surface area contributed by atoms with Crippen LogP contribution < -0.4 is 11.2 Å².